The van der Waals surface area contributed by atoms with E-state index in [0.29, 0.717) is 5.92 Å². The summed E-state index contributed by atoms with van der Waals surface area (Å²) >= 11 is 1.76. The molecule has 4 heteroatoms. The molecule has 0 bridgehead atoms. The molecule has 1 aromatic heterocycles. The average Bonchev–Trinajstić information content (AvgIpc) is 2.76. The van der Waals surface area contributed by atoms with Crippen LogP contribution in [0.15, 0.2) is 28.1 Å². The molecule has 0 aliphatic rings. The molecule has 1 N–H and O–H groups in total. The van der Waals surface area contributed by atoms with Crippen LogP contribution in [0.5, 0.6) is 0 Å². The number of aromatic nitrogens is 2. The Bertz CT molecular complexity index is 627. The molecule has 1 heterocycles. The third-order valence-corrected chi connectivity index (χ3v) is 4.66. The fourth-order valence-corrected chi connectivity index (χ4v) is 4.07. The standard InChI is InChI=1S/C18H26N2OS/c1-6-7-20-16(11-21)19-17(12(2)3)18(20)22-15-9-13(4)8-14(5)10-15/h8-10,12,21H,6-7,11H2,1-5H3. The second kappa shape index (κ2) is 7.34. The highest BCUT2D eigenvalue weighted by atomic mass is 32.2. The van der Waals surface area contributed by atoms with Crippen LogP contribution >= 0.6 is 11.8 Å². The molecule has 0 saturated heterocycles. The lowest BCUT2D eigenvalue weighted by atomic mass is 10.1. The first-order valence-corrected chi connectivity index (χ1v) is 8.74. The maximum Gasteiger partial charge on any atom is 0.135 e. The highest BCUT2D eigenvalue weighted by molar-refractivity contribution is 7.99. The molecule has 2 aromatic rings. The number of aryl methyl sites for hydroxylation is 2. The van der Waals surface area contributed by atoms with E-state index in [-0.39, 0.29) is 6.61 Å². The minimum atomic E-state index is -0.00682. The number of aliphatic hydroxyl groups excluding tert-OH is 1. The van der Waals surface area contributed by atoms with Gasteiger partial charge in [-0.2, -0.15) is 0 Å². The Kier molecular flexibility index (Phi) is 5.70. The number of hydrogen-bond acceptors (Lipinski definition) is 3. The zero-order valence-corrected chi connectivity index (χ0v) is 15.0. The van der Waals surface area contributed by atoms with Crippen molar-refractivity contribution >= 4 is 11.8 Å². The molecule has 0 atom stereocenters. The van der Waals surface area contributed by atoms with Crippen LogP contribution in [0, 0.1) is 13.8 Å². The van der Waals surface area contributed by atoms with Crippen LogP contribution in [0.4, 0.5) is 0 Å². The second-order valence-corrected chi connectivity index (χ2v) is 7.17. The maximum absolute atomic E-state index is 9.63. The number of rotatable bonds is 6. The van der Waals surface area contributed by atoms with Gasteiger partial charge in [0.1, 0.15) is 17.5 Å². The summed E-state index contributed by atoms with van der Waals surface area (Å²) in [5, 5.41) is 10.8. The molecule has 0 spiro atoms. The molecule has 0 fully saturated rings. The summed E-state index contributed by atoms with van der Waals surface area (Å²) in [6.07, 6.45) is 1.03. The van der Waals surface area contributed by atoms with Crippen molar-refractivity contribution in [2.45, 2.75) is 70.0 Å². The molecule has 120 valence electrons. The minimum Gasteiger partial charge on any atom is -0.388 e. The number of benzene rings is 1. The first-order chi connectivity index (χ1) is 10.5. The SMILES string of the molecule is CCCn1c(CO)nc(C(C)C)c1Sc1cc(C)cc(C)c1. The predicted octanol–water partition coefficient (Wildman–Crippen LogP) is 4.68. The fourth-order valence-electron chi connectivity index (χ4n) is 2.66. The zero-order chi connectivity index (χ0) is 16.3. The number of hydrogen-bond donors (Lipinski definition) is 1. The smallest absolute Gasteiger partial charge is 0.135 e. The predicted molar refractivity (Wildman–Crippen MR) is 92.6 cm³/mol. The first kappa shape index (κ1) is 17.1. The molecule has 22 heavy (non-hydrogen) atoms. The van der Waals surface area contributed by atoms with Crippen molar-refractivity contribution in [3.63, 3.8) is 0 Å². The molecular weight excluding hydrogens is 292 g/mol. The van der Waals surface area contributed by atoms with Crippen molar-refractivity contribution in [3.8, 4) is 0 Å². The molecule has 0 amide bonds. The lowest BCUT2D eigenvalue weighted by Gasteiger charge is -2.12. The van der Waals surface area contributed by atoms with Crippen molar-refractivity contribution in [2.24, 2.45) is 0 Å². The van der Waals surface area contributed by atoms with E-state index in [1.54, 1.807) is 11.8 Å². The van der Waals surface area contributed by atoms with Gasteiger partial charge in [0.25, 0.3) is 0 Å². The third-order valence-electron chi connectivity index (χ3n) is 3.57. The van der Waals surface area contributed by atoms with Crippen LogP contribution in [0.25, 0.3) is 0 Å². The van der Waals surface area contributed by atoms with Crippen molar-refractivity contribution in [2.75, 3.05) is 0 Å². The van der Waals surface area contributed by atoms with Gasteiger partial charge in [0.15, 0.2) is 0 Å². The number of imidazole rings is 1. The molecular formula is C18H26N2OS. The molecule has 2 rings (SSSR count). The van der Waals surface area contributed by atoms with Gasteiger partial charge in [-0.3, -0.25) is 0 Å². The van der Waals surface area contributed by atoms with E-state index in [4.69, 9.17) is 0 Å². The summed E-state index contributed by atoms with van der Waals surface area (Å²) in [6, 6.07) is 6.61. The maximum atomic E-state index is 9.63. The number of aliphatic hydroxyl groups is 1. The Balaban J connectivity index is 2.49. The lowest BCUT2D eigenvalue weighted by molar-refractivity contribution is 0.263. The van der Waals surface area contributed by atoms with Crippen LogP contribution in [0.1, 0.15) is 55.8 Å². The van der Waals surface area contributed by atoms with Gasteiger partial charge in [0.2, 0.25) is 0 Å². The average molecular weight is 318 g/mol. The number of nitrogens with zero attached hydrogens (tertiary/aromatic N) is 2. The normalized spacial score (nSPS) is 11.4. The van der Waals surface area contributed by atoms with E-state index < -0.39 is 0 Å². The molecule has 0 saturated carbocycles. The molecule has 0 aliphatic carbocycles. The molecule has 3 nitrogen and oxygen atoms in total. The summed E-state index contributed by atoms with van der Waals surface area (Å²) in [5.74, 6) is 1.12. The summed E-state index contributed by atoms with van der Waals surface area (Å²) in [4.78, 5) is 5.92. The zero-order valence-electron chi connectivity index (χ0n) is 14.2. The Hall–Kier alpha value is -1.26. The van der Waals surface area contributed by atoms with Crippen LogP contribution < -0.4 is 0 Å². The summed E-state index contributed by atoms with van der Waals surface area (Å²) in [7, 11) is 0. The van der Waals surface area contributed by atoms with E-state index in [0.717, 1.165) is 24.5 Å². The molecule has 1 aromatic carbocycles. The highest BCUT2D eigenvalue weighted by Gasteiger charge is 2.19. The summed E-state index contributed by atoms with van der Waals surface area (Å²) in [6.45, 7) is 11.6. The molecule has 0 unspecified atom stereocenters. The lowest BCUT2D eigenvalue weighted by Crippen LogP contribution is -2.04. The van der Waals surface area contributed by atoms with Gasteiger partial charge in [-0.1, -0.05) is 38.6 Å². The van der Waals surface area contributed by atoms with Gasteiger partial charge < -0.3 is 9.67 Å². The van der Waals surface area contributed by atoms with E-state index in [1.165, 1.54) is 21.0 Å². The van der Waals surface area contributed by atoms with E-state index in [2.05, 4.69) is 62.4 Å². The van der Waals surface area contributed by atoms with Crippen molar-refractivity contribution < 1.29 is 5.11 Å². The Morgan fingerprint density at radius 2 is 1.82 bits per heavy atom. The van der Waals surface area contributed by atoms with E-state index in [9.17, 15) is 5.11 Å². The van der Waals surface area contributed by atoms with E-state index >= 15 is 0 Å². The molecule has 0 aliphatic heterocycles. The fraction of sp³-hybridized carbons (Fsp3) is 0.500. The second-order valence-electron chi connectivity index (χ2n) is 6.11. The quantitative estimate of drug-likeness (QED) is 0.840. The van der Waals surface area contributed by atoms with Crippen LogP contribution in [-0.4, -0.2) is 14.7 Å². The largest absolute Gasteiger partial charge is 0.388 e. The van der Waals surface area contributed by atoms with Gasteiger partial charge in [0, 0.05) is 11.4 Å². The molecule has 0 radical (unpaired) electrons. The van der Waals surface area contributed by atoms with Gasteiger partial charge in [-0.15, -0.1) is 0 Å². The van der Waals surface area contributed by atoms with Crippen molar-refractivity contribution in [1.29, 1.82) is 0 Å². The Morgan fingerprint density at radius 1 is 1.18 bits per heavy atom. The van der Waals surface area contributed by atoms with E-state index in [1.807, 2.05) is 0 Å². The monoisotopic (exact) mass is 318 g/mol. The third kappa shape index (κ3) is 3.73. The van der Waals surface area contributed by atoms with Crippen molar-refractivity contribution in [1.82, 2.24) is 9.55 Å². The van der Waals surface area contributed by atoms with Crippen LogP contribution in [0.2, 0.25) is 0 Å². The van der Waals surface area contributed by atoms with Crippen LogP contribution in [0.3, 0.4) is 0 Å². The van der Waals surface area contributed by atoms with Gasteiger partial charge in [-0.05, 0) is 49.4 Å². The topological polar surface area (TPSA) is 38.0 Å². The van der Waals surface area contributed by atoms with Crippen LogP contribution in [-0.2, 0) is 13.2 Å². The first-order valence-electron chi connectivity index (χ1n) is 7.92. The summed E-state index contributed by atoms with van der Waals surface area (Å²) in [5.41, 5.74) is 3.64. The minimum absolute atomic E-state index is 0.00682. The van der Waals surface area contributed by atoms with Gasteiger partial charge in [-0.25, -0.2) is 4.98 Å². The summed E-state index contributed by atoms with van der Waals surface area (Å²) < 4.78 is 2.18. The van der Waals surface area contributed by atoms with Gasteiger partial charge in [0.05, 0.1) is 5.69 Å². The highest BCUT2D eigenvalue weighted by Crippen LogP contribution is 2.35. The van der Waals surface area contributed by atoms with Crippen molar-refractivity contribution in [3.05, 3.63) is 40.8 Å². The Labute approximate surface area is 137 Å². The van der Waals surface area contributed by atoms with Gasteiger partial charge >= 0.3 is 0 Å². The Morgan fingerprint density at radius 3 is 2.32 bits per heavy atom.